The molecular formula is C21H30N4O3. The predicted octanol–water partition coefficient (Wildman–Crippen LogP) is 2.26. The molecule has 1 atom stereocenters. The first-order chi connectivity index (χ1) is 13.4. The molecule has 2 aliphatic rings. The summed E-state index contributed by atoms with van der Waals surface area (Å²) in [6, 6.07) is 3.28. The number of aromatic nitrogens is 1. The summed E-state index contributed by atoms with van der Waals surface area (Å²) in [6.45, 7) is 4.50. The van der Waals surface area contributed by atoms with Gasteiger partial charge in [0, 0.05) is 32.1 Å². The topological polar surface area (TPSA) is 91.4 Å². The molecular weight excluding hydrogens is 356 g/mol. The molecule has 0 aromatic carbocycles. The van der Waals surface area contributed by atoms with Gasteiger partial charge < -0.3 is 15.5 Å². The number of rotatable bonds is 5. The average Bonchev–Trinajstić information content (AvgIpc) is 3.22. The maximum Gasteiger partial charge on any atom is 0.245 e. The van der Waals surface area contributed by atoms with Gasteiger partial charge in [-0.3, -0.25) is 14.4 Å². The van der Waals surface area contributed by atoms with Gasteiger partial charge in [0.1, 0.15) is 11.9 Å². The smallest absolute Gasteiger partial charge is 0.245 e. The Kier molecular flexibility index (Phi) is 6.65. The lowest BCUT2D eigenvalue weighted by molar-refractivity contribution is -0.139. The number of carbonyl (C=O) groups excluding carboxylic acids is 3. The van der Waals surface area contributed by atoms with E-state index in [-0.39, 0.29) is 29.6 Å². The molecule has 1 aliphatic carbocycles. The summed E-state index contributed by atoms with van der Waals surface area (Å²) in [5.41, 5.74) is 1.04. The third-order valence-corrected chi connectivity index (χ3v) is 5.84. The van der Waals surface area contributed by atoms with E-state index in [0.29, 0.717) is 31.7 Å². The van der Waals surface area contributed by atoms with E-state index in [9.17, 15) is 14.4 Å². The van der Waals surface area contributed by atoms with Crippen molar-refractivity contribution < 1.29 is 14.4 Å². The van der Waals surface area contributed by atoms with E-state index < -0.39 is 6.04 Å². The molecule has 3 rings (SSSR count). The molecule has 28 heavy (non-hydrogen) atoms. The fourth-order valence-electron chi connectivity index (χ4n) is 4.22. The number of hydrogen-bond acceptors (Lipinski definition) is 4. The fourth-order valence-corrected chi connectivity index (χ4v) is 4.22. The first kappa shape index (κ1) is 20.3. The van der Waals surface area contributed by atoms with Crippen LogP contribution in [-0.4, -0.2) is 46.7 Å². The molecule has 1 aromatic rings. The summed E-state index contributed by atoms with van der Waals surface area (Å²) >= 11 is 0. The van der Waals surface area contributed by atoms with E-state index in [1.165, 1.54) is 6.92 Å². The minimum absolute atomic E-state index is 0.00107. The third-order valence-electron chi connectivity index (χ3n) is 5.84. The van der Waals surface area contributed by atoms with E-state index in [1.54, 1.807) is 12.3 Å². The highest BCUT2D eigenvalue weighted by atomic mass is 16.2. The summed E-state index contributed by atoms with van der Waals surface area (Å²) in [5, 5.41) is 5.74. The third kappa shape index (κ3) is 5.09. The summed E-state index contributed by atoms with van der Waals surface area (Å²) in [7, 11) is 0. The Morgan fingerprint density at radius 2 is 1.79 bits per heavy atom. The van der Waals surface area contributed by atoms with E-state index in [2.05, 4.69) is 15.6 Å². The first-order valence-corrected chi connectivity index (χ1v) is 10.2. The molecule has 152 valence electrons. The SMILES string of the molecule is CC(=O)NC(C(=O)N1CCC(C(=O)Nc2ccc(C)cn2)CC1)C1CCCC1. The van der Waals surface area contributed by atoms with Gasteiger partial charge in [-0.15, -0.1) is 0 Å². The Morgan fingerprint density at radius 3 is 2.36 bits per heavy atom. The minimum atomic E-state index is -0.429. The van der Waals surface area contributed by atoms with Crippen LogP contribution in [0.3, 0.4) is 0 Å². The van der Waals surface area contributed by atoms with Crippen molar-refractivity contribution in [3.63, 3.8) is 0 Å². The molecule has 0 bridgehead atoms. The van der Waals surface area contributed by atoms with Gasteiger partial charge in [0.2, 0.25) is 17.7 Å². The number of likely N-dealkylation sites (tertiary alicyclic amines) is 1. The zero-order valence-corrected chi connectivity index (χ0v) is 16.7. The van der Waals surface area contributed by atoms with Crippen LogP contribution in [-0.2, 0) is 14.4 Å². The molecule has 7 heteroatoms. The Hall–Kier alpha value is -2.44. The van der Waals surface area contributed by atoms with Gasteiger partial charge in [-0.05, 0) is 50.2 Å². The molecule has 2 heterocycles. The van der Waals surface area contributed by atoms with E-state index in [0.717, 1.165) is 31.2 Å². The lowest BCUT2D eigenvalue weighted by Gasteiger charge is -2.35. The van der Waals surface area contributed by atoms with Crippen molar-refractivity contribution >= 4 is 23.5 Å². The van der Waals surface area contributed by atoms with Crippen LogP contribution in [0.25, 0.3) is 0 Å². The number of carbonyl (C=O) groups is 3. The quantitative estimate of drug-likeness (QED) is 0.812. The molecule has 1 saturated carbocycles. The number of hydrogen-bond donors (Lipinski definition) is 2. The molecule has 0 spiro atoms. The van der Waals surface area contributed by atoms with Crippen LogP contribution in [0.15, 0.2) is 18.3 Å². The summed E-state index contributed by atoms with van der Waals surface area (Å²) in [4.78, 5) is 43.1. The second kappa shape index (κ2) is 9.17. The normalized spacial score (nSPS) is 19.3. The Balaban J connectivity index is 1.54. The van der Waals surface area contributed by atoms with Crippen LogP contribution < -0.4 is 10.6 Å². The highest BCUT2D eigenvalue weighted by molar-refractivity contribution is 5.92. The largest absolute Gasteiger partial charge is 0.344 e. The zero-order chi connectivity index (χ0) is 20.1. The molecule has 7 nitrogen and oxygen atoms in total. The van der Waals surface area contributed by atoms with Gasteiger partial charge >= 0.3 is 0 Å². The van der Waals surface area contributed by atoms with Crippen molar-refractivity contribution in [3.8, 4) is 0 Å². The molecule has 1 unspecified atom stereocenters. The second-order valence-corrected chi connectivity index (χ2v) is 8.03. The molecule has 2 fully saturated rings. The number of nitrogens with one attached hydrogen (secondary N) is 2. The van der Waals surface area contributed by atoms with Crippen molar-refractivity contribution in [2.24, 2.45) is 11.8 Å². The zero-order valence-electron chi connectivity index (χ0n) is 16.7. The van der Waals surface area contributed by atoms with Crippen LogP contribution in [0.4, 0.5) is 5.82 Å². The van der Waals surface area contributed by atoms with Crippen LogP contribution in [0.5, 0.6) is 0 Å². The van der Waals surface area contributed by atoms with Gasteiger partial charge in [0.25, 0.3) is 0 Å². The Morgan fingerprint density at radius 1 is 1.11 bits per heavy atom. The molecule has 2 N–H and O–H groups in total. The maximum atomic E-state index is 13.0. The summed E-state index contributed by atoms with van der Waals surface area (Å²) in [5.74, 6) is 0.452. The van der Waals surface area contributed by atoms with Crippen LogP contribution >= 0.6 is 0 Å². The van der Waals surface area contributed by atoms with Gasteiger partial charge in [-0.25, -0.2) is 4.98 Å². The number of nitrogens with zero attached hydrogens (tertiary/aromatic N) is 2. The summed E-state index contributed by atoms with van der Waals surface area (Å²) in [6.07, 6.45) is 7.18. The monoisotopic (exact) mass is 386 g/mol. The Labute approximate surface area is 166 Å². The maximum absolute atomic E-state index is 13.0. The second-order valence-electron chi connectivity index (χ2n) is 8.03. The van der Waals surface area contributed by atoms with E-state index >= 15 is 0 Å². The van der Waals surface area contributed by atoms with Crippen molar-refractivity contribution in [3.05, 3.63) is 23.9 Å². The van der Waals surface area contributed by atoms with Crippen LogP contribution in [0.1, 0.15) is 51.0 Å². The van der Waals surface area contributed by atoms with E-state index in [4.69, 9.17) is 0 Å². The highest BCUT2D eigenvalue weighted by Gasteiger charge is 2.36. The van der Waals surface area contributed by atoms with Gasteiger partial charge in [-0.2, -0.15) is 0 Å². The minimum Gasteiger partial charge on any atom is -0.344 e. The lowest BCUT2D eigenvalue weighted by Crippen LogP contribution is -2.53. The standard InChI is InChI=1S/C21H30N4O3/c1-14-7-8-18(22-13-14)24-20(27)17-9-11-25(12-10-17)21(28)19(23-15(2)26)16-5-3-4-6-16/h7-8,13,16-17,19H,3-6,9-12H2,1-2H3,(H,23,26)(H,22,24,27). The number of pyridine rings is 1. The van der Waals surface area contributed by atoms with Gasteiger partial charge in [0.15, 0.2) is 0 Å². The Bertz CT molecular complexity index is 705. The van der Waals surface area contributed by atoms with Crippen LogP contribution in [0, 0.1) is 18.8 Å². The number of anilines is 1. The lowest BCUT2D eigenvalue weighted by atomic mass is 9.92. The number of amides is 3. The van der Waals surface area contributed by atoms with Crippen molar-refractivity contribution in [2.45, 2.75) is 58.4 Å². The predicted molar refractivity (Wildman–Crippen MR) is 106 cm³/mol. The van der Waals surface area contributed by atoms with Crippen LogP contribution in [0.2, 0.25) is 0 Å². The van der Waals surface area contributed by atoms with Gasteiger partial charge in [0.05, 0.1) is 0 Å². The highest BCUT2D eigenvalue weighted by Crippen LogP contribution is 2.29. The molecule has 1 aromatic heterocycles. The summed E-state index contributed by atoms with van der Waals surface area (Å²) < 4.78 is 0. The molecule has 0 radical (unpaired) electrons. The molecule has 1 saturated heterocycles. The van der Waals surface area contributed by atoms with Crippen molar-refractivity contribution in [2.75, 3.05) is 18.4 Å². The number of aryl methyl sites for hydroxylation is 1. The fraction of sp³-hybridized carbons (Fsp3) is 0.619. The van der Waals surface area contributed by atoms with Crippen molar-refractivity contribution in [1.29, 1.82) is 0 Å². The first-order valence-electron chi connectivity index (χ1n) is 10.2. The van der Waals surface area contributed by atoms with Gasteiger partial charge in [-0.1, -0.05) is 18.9 Å². The number of piperidine rings is 1. The van der Waals surface area contributed by atoms with E-state index in [1.807, 2.05) is 17.9 Å². The molecule has 3 amide bonds. The average molecular weight is 386 g/mol. The van der Waals surface area contributed by atoms with Crippen molar-refractivity contribution in [1.82, 2.24) is 15.2 Å². The molecule has 1 aliphatic heterocycles.